The van der Waals surface area contributed by atoms with E-state index < -0.39 is 0 Å². The van der Waals surface area contributed by atoms with Crippen LogP contribution in [0.2, 0.25) is 0 Å². The molecule has 1 fully saturated rings. The Balaban J connectivity index is 1.66. The van der Waals surface area contributed by atoms with E-state index in [1.165, 1.54) is 24.8 Å². The lowest BCUT2D eigenvalue weighted by Gasteiger charge is -2.29. The summed E-state index contributed by atoms with van der Waals surface area (Å²) in [5, 5.41) is 3.20. The number of nitrogens with zero attached hydrogens (tertiary/aromatic N) is 2. The van der Waals surface area contributed by atoms with Crippen LogP contribution in [0.4, 0.5) is 0 Å². The van der Waals surface area contributed by atoms with Crippen molar-refractivity contribution in [3.63, 3.8) is 0 Å². The summed E-state index contributed by atoms with van der Waals surface area (Å²) in [4.78, 5) is 17.5. The molecule has 1 aliphatic carbocycles. The fourth-order valence-electron chi connectivity index (χ4n) is 4.16. The van der Waals surface area contributed by atoms with Gasteiger partial charge >= 0.3 is 0 Å². The highest BCUT2D eigenvalue weighted by molar-refractivity contribution is 5.93. The number of benzene rings is 1. The average molecular weight is 388 g/mol. The van der Waals surface area contributed by atoms with E-state index in [-0.39, 0.29) is 11.9 Å². The molecule has 1 N–H and O–H groups in total. The van der Waals surface area contributed by atoms with Crippen LogP contribution in [-0.4, -0.2) is 21.3 Å². The van der Waals surface area contributed by atoms with E-state index in [1.807, 2.05) is 12.3 Å². The van der Waals surface area contributed by atoms with Gasteiger partial charge in [-0.2, -0.15) is 0 Å². The Bertz CT molecular complexity index is 1050. The van der Waals surface area contributed by atoms with Crippen molar-refractivity contribution in [2.45, 2.75) is 52.5 Å². The molecule has 0 radical (unpaired) electrons. The molecular weight excluding hydrogens is 358 g/mol. The first-order valence-corrected chi connectivity index (χ1v) is 10.6. The highest BCUT2D eigenvalue weighted by atomic mass is 16.1. The van der Waals surface area contributed by atoms with Gasteiger partial charge in [0, 0.05) is 23.9 Å². The van der Waals surface area contributed by atoms with Crippen molar-refractivity contribution in [3.8, 4) is 11.3 Å². The van der Waals surface area contributed by atoms with Crippen molar-refractivity contribution in [2.24, 2.45) is 5.92 Å². The lowest BCUT2D eigenvalue weighted by Crippen LogP contribution is -2.40. The number of imidazole rings is 1. The number of hydrogen-bond acceptors (Lipinski definition) is 2. The maximum atomic E-state index is 12.6. The van der Waals surface area contributed by atoms with Crippen molar-refractivity contribution < 1.29 is 4.79 Å². The fraction of sp³-hybridized carbons (Fsp3) is 0.360. The van der Waals surface area contributed by atoms with E-state index in [0.29, 0.717) is 5.92 Å². The Morgan fingerprint density at radius 2 is 1.86 bits per heavy atom. The number of amides is 1. The molecule has 1 aromatic carbocycles. The SMILES string of the molecule is Cc1ccc(-c2nc3cc(C)ccn3c2/C=C/C(=O)NC2CCCCC2C)cc1. The molecule has 2 heterocycles. The van der Waals surface area contributed by atoms with Gasteiger partial charge in [0.05, 0.1) is 11.4 Å². The van der Waals surface area contributed by atoms with E-state index in [2.05, 4.69) is 66.9 Å². The van der Waals surface area contributed by atoms with E-state index >= 15 is 0 Å². The molecule has 0 spiro atoms. The van der Waals surface area contributed by atoms with Gasteiger partial charge in [-0.25, -0.2) is 4.98 Å². The Kier molecular flexibility index (Phi) is 5.52. The predicted octanol–water partition coefficient (Wildman–Crippen LogP) is 5.33. The van der Waals surface area contributed by atoms with E-state index in [0.717, 1.165) is 34.6 Å². The Morgan fingerprint density at radius 3 is 2.62 bits per heavy atom. The molecule has 3 aromatic rings. The topological polar surface area (TPSA) is 46.4 Å². The second kappa shape index (κ2) is 8.24. The zero-order chi connectivity index (χ0) is 20.4. The molecule has 29 heavy (non-hydrogen) atoms. The molecule has 2 unspecified atom stereocenters. The Hall–Kier alpha value is -2.88. The first-order chi connectivity index (χ1) is 14.0. The minimum absolute atomic E-state index is 0.0272. The molecule has 0 aliphatic heterocycles. The summed E-state index contributed by atoms with van der Waals surface area (Å²) in [6.07, 6.45) is 10.3. The second-order valence-electron chi connectivity index (χ2n) is 8.35. The predicted molar refractivity (Wildman–Crippen MR) is 119 cm³/mol. The molecule has 4 nitrogen and oxygen atoms in total. The van der Waals surface area contributed by atoms with Crippen LogP contribution in [0.15, 0.2) is 48.7 Å². The standard InChI is InChI=1S/C25H29N3O/c1-17-8-10-20(11-9-17)25-22(28-15-14-18(2)16-23(28)27-25)12-13-24(29)26-21-7-5-4-6-19(21)3/h8-16,19,21H,4-7H2,1-3H3,(H,26,29)/b13-12+. The van der Waals surface area contributed by atoms with E-state index in [1.54, 1.807) is 6.08 Å². The summed E-state index contributed by atoms with van der Waals surface area (Å²) in [5.41, 5.74) is 6.14. The molecule has 0 saturated heterocycles. The van der Waals surface area contributed by atoms with Crippen LogP contribution in [-0.2, 0) is 4.79 Å². The minimum Gasteiger partial charge on any atom is -0.350 e. The molecule has 1 amide bonds. The zero-order valence-electron chi connectivity index (χ0n) is 17.5. The zero-order valence-corrected chi connectivity index (χ0v) is 17.5. The van der Waals surface area contributed by atoms with Gasteiger partial charge in [0.25, 0.3) is 0 Å². The number of rotatable bonds is 4. The number of fused-ring (bicyclic) bond motifs is 1. The number of nitrogens with one attached hydrogen (secondary N) is 1. The molecule has 1 saturated carbocycles. The summed E-state index contributed by atoms with van der Waals surface area (Å²) < 4.78 is 2.05. The third-order valence-corrected chi connectivity index (χ3v) is 5.98. The summed E-state index contributed by atoms with van der Waals surface area (Å²) in [6.45, 7) is 6.37. The van der Waals surface area contributed by atoms with Crippen LogP contribution in [0.1, 0.15) is 49.4 Å². The maximum absolute atomic E-state index is 12.6. The van der Waals surface area contributed by atoms with Gasteiger partial charge in [-0.3, -0.25) is 9.20 Å². The molecule has 4 rings (SSSR count). The number of carbonyl (C=O) groups is 1. The lowest BCUT2D eigenvalue weighted by molar-refractivity contribution is -0.117. The van der Waals surface area contributed by atoms with Gasteiger partial charge in [-0.15, -0.1) is 0 Å². The molecule has 0 bridgehead atoms. The van der Waals surface area contributed by atoms with E-state index in [4.69, 9.17) is 4.98 Å². The van der Waals surface area contributed by atoms with Gasteiger partial charge < -0.3 is 5.32 Å². The Morgan fingerprint density at radius 1 is 1.10 bits per heavy atom. The number of pyridine rings is 1. The summed E-state index contributed by atoms with van der Waals surface area (Å²) >= 11 is 0. The quantitative estimate of drug-likeness (QED) is 0.615. The van der Waals surface area contributed by atoms with Crippen molar-refractivity contribution in [3.05, 3.63) is 65.5 Å². The third kappa shape index (κ3) is 4.26. The first kappa shape index (κ1) is 19.4. The van der Waals surface area contributed by atoms with Crippen LogP contribution < -0.4 is 5.32 Å². The van der Waals surface area contributed by atoms with Gasteiger partial charge in [0.15, 0.2) is 0 Å². The van der Waals surface area contributed by atoms with Crippen LogP contribution >= 0.6 is 0 Å². The van der Waals surface area contributed by atoms with Crippen LogP contribution in [0.5, 0.6) is 0 Å². The van der Waals surface area contributed by atoms with Gasteiger partial charge in [0.2, 0.25) is 5.91 Å². The first-order valence-electron chi connectivity index (χ1n) is 10.6. The molecule has 2 aromatic heterocycles. The molecule has 4 heteroatoms. The number of aromatic nitrogens is 2. The average Bonchev–Trinajstić information content (AvgIpc) is 3.06. The van der Waals surface area contributed by atoms with Crippen LogP contribution in [0, 0.1) is 19.8 Å². The number of hydrogen-bond donors (Lipinski definition) is 1. The smallest absolute Gasteiger partial charge is 0.244 e. The lowest BCUT2D eigenvalue weighted by atomic mass is 9.86. The van der Waals surface area contributed by atoms with Gasteiger partial charge in [-0.05, 0) is 56.4 Å². The molecule has 2 atom stereocenters. The minimum atomic E-state index is -0.0272. The number of aryl methyl sites for hydroxylation is 2. The van der Waals surface area contributed by atoms with E-state index in [9.17, 15) is 4.79 Å². The van der Waals surface area contributed by atoms with Gasteiger partial charge in [0.1, 0.15) is 5.65 Å². The molecular formula is C25H29N3O. The van der Waals surface area contributed by atoms with Crippen LogP contribution in [0.3, 0.4) is 0 Å². The van der Waals surface area contributed by atoms with Crippen molar-refractivity contribution >= 4 is 17.6 Å². The maximum Gasteiger partial charge on any atom is 0.244 e. The third-order valence-electron chi connectivity index (χ3n) is 5.98. The fourth-order valence-corrected chi connectivity index (χ4v) is 4.16. The summed E-state index contributed by atoms with van der Waals surface area (Å²) in [5.74, 6) is 0.517. The highest BCUT2D eigenvalue weighted by Gasteiger charge is 2.22. The summed E-state index contributed by atoms with van der Waals surface area (Å²) in [7, 11) is 0. The summed E-state index contributed by atoms with van der Waals surface area (Å²) in [6, 6.07) is 12.8. The molecule has 1 aliphatic rings. The van der Waals surface area contributed by atoms with Gasteiger partial charge in [-0.1, -0.05) is 49.6 Å². The number of carbonyl (C=O) groups excluding carboxylic acids is 1. The largest absolute Gasteiger partial charge is 0.350 e. The van der Waals surface area contributed by atoms with Crippen molar-refractivity contribution in [1.82, 2.24) is 14.7 Å². The molecule has 150 valence electrons. The Labute approximate surface area is 172 Å². The second-order valence-corrected chi connectivity index (χ2v) is 8.35. The van der Waals surface area contributed by atoms with Crippen molar-refractivity contribution in [1.29, 1.82) is 0 Å². The van der Waals surface area contributed by atoms with Crippen molar-refractivity contribution in [2.75, 3.05) is 0 Å². The normalized spacial score (nSPS) is 19.7. The monoisotopic (exact) mass is 387 g/mol. The van der Waals surface area contributed by atoms with Crippen LogP contribution in [0.25, 0.3) is 23.0 Å². The highest BCUT2D eigenvalue weighted by Crippen LogP contribution is 2.27.